The highest BCUT2D eigenvalue weighted by Gasteiger charge is 2.15. The molecule has 0 saturated heterocycles. The summed E-state index contributed by atoms with van der Waals surface area (Å²) in [6.07, 6.45) is 1.68. The topological polar surface area (TPSA) is 78.5 Å². The fourth-order valence-corrected chi connectivity index (χ4v) is 1.80. The maximum absolute atomic E-state index is 5.85. The van der Waals surface area contributed by atoms with Gasteiger partial charge in [0.05, 0.1) is 12.5 Å². The molecule has 0 amide bonds. The van der Waals surface area contributed by atoms with Gasteiger partial charge in [-0.1, -0.05) is 13.8 Å². The molecule has 0 aliphatic carbocycles. The number of anilines is 1. The Morgan fingerprint density at radius 1 is 1.35 bits per heavy atom. The number of halogens is 1. The molecule has 0 fully saturated rings. The van der Waals surface area contributed by atoms with Gasteiger partial charge in [0.25, 0.3) is 0 Å². The van der Waals surface area contributed by atoms with Gasteiger partial charge in [-0.3, -0.25) is 0 Å². The minimum atomic E-state index is 0.104. The molecule has 6 nitrogen and oxygen atoms in total. The molecule has 0 saturated carbocycles. The van der Waals surface area contributed by atoms with E-state index in [1.54, 1.807) is 6.33 Å². The molecule has 2 rings (SSSR count). The van der Waals surface area contributed by atoms with Crippen LogP contribution in [0.3, 0.4) is 0 Å². The van der Waals surface area contributed by atoms with Crippen molar-refractivity contribution in [1.29, 1.82) is 0 Å². The van der Waals surface area contributed by atoms with Gasteiger partial charge >= 0.3 is 0 Å². The number of imidazole rings is 1. The monoisotopic (exact) mass is 254 g/mol. The van der Waals surface area contributed by atoms with Crippen LogP contribution in [-0.4, -0.2) is 33.1 Å². The largest absolute Gasteiger partial charge is 0.353 e. The standard InChI is InChI=1S/C10H15ClN6/c1-5(2)7(12-3)15-9-6-8(14-4-13-6)16-10(11)17-9/h4-5,7,12H,1-3H3,(H2,13,14,15,16,17). The van der Waals surface area contributed by atoms with Gasteiger partial charge in [-0.2, -0.15) is 9.97 Å². The summed E-state index contributed by atoms with van der Waals surface area (Å²) >= 11 is 5.85. The molecular weight excluding hydrogens is 240 g/mol. The van der Waals surface area contributed by atoms with Crippen LogP contribution in [0, 0.1) is 5.92 Å². The molecule has 92 valence electrons. The average molecular weight is 255 g/mol. The van der Waals surface area contributed by atoms with Crippen molar-refractivity contribution in [2.45, 2.75) is 20.0 Å². The molecule has 2 heterocycles. The molecule has 0 aliphatic rings. The zero-order valence-corrected chi connectivity index (χ0v) is 10.7. The number of aromatic amines is 1. The highest BCUT2D eigenvalue weighted by Crippen LogP contribution is 2.20. The quantitative estimate of drug-likeness (QED) is 0.571. The van der Waals surface area contributed by atoms with E-state index >= 15 is 0 Å². The number of hydrogen-bond donors (Lipinski definition) is 3. The first-order chi connectivity index (χ1) is 8.11. The number of rotatable bonds is 4. The van der Waals surface area contributed by atoms with Gasteiger partial charge in [0.15, 0.2) is 11.5 Å². The van der Waals surface area contributed by atoms with E-state index < -0.39 is 0 Å². The normalized spacial score (nSPS) is 13.2. The molecular formula is C10H15ClN6. The number of H-pyrrole nitrogens is 1. The van der Waals surface area contributed by atoms with E-state index in [1.807, 2.05) is 7.05 Å². The third-order valence-corrected chi connectivity index (χ3v) is 2.70. The van der Waals surface area contributed by atoms with Gasteiger partial charge in [-0.25, -0.2) is 4.98 Å². The second-order valence-corrected chi connectivity index (χ2v) is 4.44. The average Bonchev–Trinajstić information content (AvgIpc) is 2.72. The first-order valence-electron chi connectivity index (χ1n) is 5.42. The summed E-state index contributed by atoms with van der Waals surface area (Å²) in [6.45, 7) is 4.22. The Bertz CT molecular complexity index is 508. The second-order valence-electron chi connectivity index (χ2n) is 4.10. The minimum Gasteiger partial charge on any atom is -0.353 e. The Morgan fingerprint density at radius 3 is 2.76 bits per heavy atom. The van der Waals surface area contributed by atoms with E-state index in [9.17, 15) is 0 Å². The number of nitrogens with zero attached hydrogens (tertiary/aromatic N) is 3. The summed E-state index contributed by atoms with van der Waals surface area (Å²) in [4.78, 5) is 15.3. The molecule has 2 aromatic heterocycles. The fraction of sp³-hybridized carbons (Fsp3) is 0.500. The lowest BCUT2D eigenvalue weighted by molar-refractivity contribution is 0.469. The van der Waals surface area contributed by atoms with Crippen LogP contribution in [0.5, 0.6) is 0 Å². The lowest BCUT2D eigenvalue weighted by Crippen LogP contribution is -2.38. The van der Waals surface area contributed by atoms with Crippen molar-refractivity contribution in [2.24, 2.45) is 5.92 Å². The van der Waals surface area contributed by atoms with Crippen molar-refractivity contribution < 1.29 is 0 Å². The van der Waals surface area contributed by atoms with E-state index in [4.69, 9.17) is 11.6 Å². The number of nitrogens with one attached hydrogen (secondary N) is 3. The van der Waals surface area contributed by atoms with Crippen LogP contribution in [0.1, 0.15) is 13.8 Å². The predicted molar refractivity (Wildman–Crippen MR) is 68.0 cm³/mol. The summed E-state index contributed by atoms with van der Waals surface area (Å²) in [5.41, 5.74) is 1.32. The number of aromatic nitrogens is 4. The first kappa shape index (κ1) is 12.1. The number of hydrogen-bond acceptors (Lipinski definition) is 5. The molecule has 17 heavy (non-hydrogen) atoms. The Morgan fingerprint density at radius 2 is 2.12 bits per heavy atom. The molecule has 0 radical (unpaired) electrons. The maximum Gasteiger partial charge on any atom is 0.226 e. The van der Waals surface area contributed by atoms with Crippen molar-refractivity contribution in [3.8, 4) is 0 Å². The van der Waals surface area contributed by atoms with E-state index in [0.717, 1.165) is 5.52 Å². The number of fused-ring (bicyclic) bond motifs is 1. The molecule has 0 aromatic carbocycles. The second kappa shape index (κ2) is 4.85. The Hall–Kier alpha value is -1.40. The lowest BCUT2D eigenvalue weighted by Gasteiger charge is -2.22. The van der Waals surface area contributed by atoms with Crippen molar-refractivity contribution in [3.05, 3.63) is 11.6 Å². The van der Waals surface area contributed by atoms with Crippen molar-refractivity contribution >= 4 is 28.6 Å². The Labute approximate surface area is 104 Å². The van der Waals surface area contributed by atoms with Crippen LogP contribution < -0.4 is 10.6 Å². The highest BCUT2D eigenvalue weighted by atomic mass is 35.5. The predicted octanol–water partition coefficient (Wildman–Crippen LogP) is 1.62. The summed E-state index contributed by atoms with van der Waals surface area (Å²) in [6, 6.07) is 0. The summed E-state index contributed by atoms with van der Waals surface area (Å²) in [7, 11) is 1.89. The minimum absolute atomic E-state index is 0.104. The van der Waals surface area contributed by atoms with Crippen LogP contribution in [0.4, 0.5) is 5.82 Å². The van der Waals surface area contributed by atoms with Crippen molar-refractivity contribution in [2.75, 3.05) is 12.4 Å². The van der Waals surface area contributed by atoms with Gasteiger partial charge in [0, 0.05) is 0 Å². The van der Waals surface area contributed by atoms with Gasteiger partial charge in [0.1, 0.15) is 5.52 Å². The van der Waals surface area contributed by atoms with Crippen molar-refractivity contribution in [3.63, 3.8) is 0 Å². The third kappa shape index (κ3) is 2.48. The van der Waals surface area contributed by atoms with Crippen LogP contribution in [0.2, 0.25) is 5.28 Å². The van der Waals surface area contributed by atoms with Crippen LogP contribution in [-0.2, 0) is 0 Å². The van der Waals surface area contributed by atoms with Crippen LogP contribution in [0.15, 0.2) is 6.33 Å². The third-order valence-electron chi connectivity index (χ3n) is 2.53. The zero-order valence-electron chi connectivity index (χ0n) is 9.95. The summed E-state index contributed by atoms with van der Waals surface area (Å²) < 4.78 is 0. The van der Waals surface area contributed by atoms with Gasteiger partial charge < -0.3 is 15.6 Å². The summed E-state index contributed by atoms with van der Waals surface area (Å²) in [5, 5.41) is 6.64. The van der Waals surface area contributed by atoms with Crippen LogP contribution in [0.25, 0.3) is 11.2 Å². The summed E-state index contributed by atoms with van der Waals surface area (Å²) in [5.74, 6) is 1.07. The highest BCUT2D eigenvalue weighted by molar-refractivity contribution is 6.28. The fourth-order valence-electron chi connectivity index (χ4n) is 1.63. The molecule has 0 bridgehead atoms. The van der Waals surface area contributed by atoms with Crippen LogP contribution >= 0.6 is 11.6 Å². The van der Waals surface area contributed by atoms with E-state index in [2.05, 4.69) is 44.4 Å². The lowest BCUT2D eigenvalue weighted by atomic mass is 10.1. The Kier molecular flexibility index (Phi) is 3.44. The molecule has 2 aromatic rings. The molecule has 1 atom stereocenters. The van der Waals surface area contributed by atoms with E-state index in [1.165, 1.54) is 0 Å². The maximum atomic E-state index is 5.85. The SMILES string of the molecule is CNC(Nc1nc(Cl)nc2nc[nH]c12)C(C)C. The van der Waals surface area contributed by atoms with Gasteiger partial charge in [0.2, 0.25) is 5.28 Å². The van der Waals surface area contributed by atoms with Gasteiger partial charge in [-0.05, 0) is 24.6 Å². The van der Waals surface area contributed by atoms with Crippen molar-refractivity contribution in [1.82, 2.24) is 25.3 Å². The molecule has 1 unspecified atom stereocenters. The molecule has 3 N–H and O–H groups in total. The van der Waals surface area contributed by atoms with Gasteiger partial charge in [-0.15, -0.1) is 0 Å². The zero-order chi connectivity index (χ0) is 12.4. The first-order valence-corrected chi connectivity index (χ1v) is 5.80. The molecule has 7 heteroatoms. The smallest absolute Gasteiger partial charge is 0.226 e. The molecule has 0 aliphatic heterocycles. The molecule has 0 spiro atoms. The Balaban J connectivity index is 2.37. The van der Waals surface area contributed by atoms with E-state index in [0.29, 0.717) is 17.4 Å². The van der Waals surface area contributed by atoms with E-state index in [-0.39, 0.29) is 11.4 Å².